The highest BCUT2D eigenvalue weighted by atomic mass is 16.6. The van der Waals surface area contributed by atoms with Crippen molar-refractivity contribution in [1.82, 2.24) is 0 Å². The lowest BCUT2D eigenvalue weighted by molar-refractivity contribution is -0.167. The van der Waals surface area contributed by atoms with Gasteiger partial charge >= 0.3 is 11.9 Å². The molecule has 0 aromatic carbocycles. The van der Waals surface area contributed by atoms with E-state index in [4.69, 9.17) is 9.47 Å². The number of aliphatic hydroxyl groups excluding tert-OH is 2. The van der Waals surface area contributed by atoms with E-state index >= 15 is 0 Å². The van der Waals surface area contributed by atoms with Crippen LogP contribution < -0.4 is 0 Å². The highest BCUT2D eigenvalue weighted by Crippen LogP contribution is 2.59. The highest BCUT2D eigenvalue weighted by molar-refractivity contribution is 5.91. The molecule has 0 saturated carbocycles. The maximum Gasteiger partial charge on any atom is 0.317 e. The van der Waals surface area contributed by atoms with E-state index in [0.29, 0.717) is 24.4 Å². The number of hydrogen-bond donors (Lipinski definition) is 2. The van der Waals surface area contributed by atoms with Crippen LogP contribution in [-0.4, -0.2) is 35.4 Å². The first-order chi connectivity index (χ1) is 14.7. The summed E-state index contributed by atoms with van der Waals surface area (Å²) in [6.07, 6.45) is 4.22. The van der Waals surface area contributed by atoms with Gasteiger partial charge in [0.2, 0.25) is 0 Å². The van der Waals surface area contributed by atoms with Crippen molar-refractivity contribution in [1.29, 1.82) is 0 Å². The molecule has 0 radical (unpaired) electrons. The summed E-state index contributed by atoms with van der Waals surface area (Å²) in [7, 11) is 0. The van der Waals surface area contributed by atoms with Gasteiger partial charge in [-0.15, -0.1) is 0 Å². The Hall–Kier alpha value is -1.98. The van der Waals surface area contributed by atoms with Gasteiger partial charge in [0.1, 0.15) is 6.42 Å². The molecule has 0 fully saturated rings. The molecule has 188 valence electrons. The molecular weight excluding hydrogens is 420 g/mol. The first kappa shape index (κ1) is 27.3. The third-order valence-corrected chi connectivity index (χ3v) is 9.47. The molecule has 0 aliphatic heterocycles. The Morgan fingerprint density at radius 1 is 0.697 bits per heavy atom. The largest absolute Gasteiger partial charge is 0.513 e. The number of carbonyl (C=O) groups is 2. The van der Waals surface area contributed by atoms with Crippen LogP contribution in [0.3, 0.4) is 0 Å². The van der Waals surface area contributed by atoms with Gasteiger partial charge in [-0.1, -0.05) is 69.2 Å². The lowest BCUT2D eigenvalue weighted by Crippen LogP contribution is -2.52. The fourth-order valence-electron chi connectivity index (χ4n) is 5.73. The van der Waals surface area contributed by atoms with Crippen LogP contribution in [0.25, 0.3) is 0 Å². The second kappa shape index (κ2) is 8.35. The lowest BCUT2D eigenvalue weighted by Gasteiger charge is -2.55. The maximum atomic E-state index is 12.5. The molecule has 2 aliphatic rings. The van der Waals surface area contributed by atoms with Crippen molar-refractivity contribution in [2.75, 3.05) is 13.2 Å². The number of esters is 2. The lowest BCUT2D eigenvalue weighted by atomic mass is 9.50. The minimum atomic E-state index is -0.614. The molecule has 0 spiro atoms. The first-order valence-corrected chi connectivity index (χ1v) is 11.8. The summed E-state index contributed by atoms with van der Waals surface area (Å²) in [6, 6.07) is 0. The van der Waals surface area contributed by atoms with Gasteiger partial charge in [-0.05, 0) is 33.8 Å². The molecule has 2 unspecified atom stereocenters. The Morgan fingerprint density at radius 2 is 1.00 bits per heavy atom. The van der Waals surface area contributed by atoms with Gasteiger partial charge in [0.15, 0.2) is 0 Å². The van der Waals surface area contributed by atoms with Crippen molar-refractivity contribution >= 4 is 11.9 Å². The van der Waals surface area contributed by atoms with Gasteiger partial charge in [-0.2, -0.15) is 0 Å². The number of carbonyl (C=O) groups excluding carboxylic acids is 2. The molecule has 2 aliphatic carbocycles. The average Bonchev–Trinajstić information content (AvgIpc) is 2.59. The Kier molecular flexibility index (Phi) is 6.90. The highest BCUT2D eigenvalue weighted by Gasteiger charge is 2.55. The minimum Gasteiger partial charge on any atom is -0.513 e. The predicted octanol–water partition coefficient (Wildman–Crippen LogP) is 6.27. The number of allylic oxidation sites excluding steroid dienone is 4. The van der Waals surface area contributed by atoms with E-state index in [2.05, 4.69) is 41.5 Å². The Labute approximate surface area is 199 Å². The zero-order valence-corrected chi connectivity index (χ0v) is 22.2. The number of aliphatic hydroxyl groups is 2. The SMILES string of the molecule is CC1(C)C=C(O)CC(C)(C)C1(C)COC(=O)CC(=O)OCC1(C)C(C)(C)C=C(O)CC1(C)C. The Balaban J connectivity index is 2.01. The van der Waals surface area contributed by atoms with Gasteiger partial charge in [0.05, 0.1) is 24.7 Å². The second-order valence-electron chi connectivity index (χ2n) is 13.0. The van der Waals surface area contributed by atoms with Crippen LogP contribution >= 0.6 is 0 Å². The van der Waals surface area contributed by atoms with Crippen LogP contribution in [0.5, 0.6) is 0 Å². The van der Waals surface area contributed by atoms with Crippen LogP contribution in [0.4, 0.5) is 0 Å². The Morgan fingerprint density at radius 3 is 1.27 bits per heavy atom. The zero-order valence-electron chi connectivity index (χ0n) is 22.2. The van der Waals surface area contributed by atoms with Crippen LogP contribution in [0.2, 0.25) is 0 Å². The molecule has 2 rings (SSSR count). The van der Waals surface area contributed by atoms with Crippen molar-refractivity contribution in [3.8, 4) is 0 Å². The normalized spacial score (nSPS) is 31.7. The number of hydrogen-bond acceptors (Lipinski definition) is 6. The molecule has 0 aromatic heterocycles. The molecule has 0 amide bonds. The van der Waals surface area contributed by atoms with Gasteiger partial charge in [0.25, 0.3) is 0 Å². The van der Waals surface area contributed by atoms with Crippen molar-refractivity contribution < 1.29 is 29.3 Å². The summed E-state index contributed by atoms with van der Waals surface area (Å²) in [5.41, 5.74) is -2.26. The summed E-state index contributed by atoms with van der Waals surface area (Å²) in [5.74, 6) is -0.530. The zero-order chi connectivity index (χ0) is 25.7. The van der Waals surface area contributed by atoms with Gasteiger partial charge in [-0.25, -0.2) is 0 Å². The van der Waals surface area contributed by atoms with E-state index in [9.17, 15) is 19.8 Å². The van der Waals surface area contributed by atoms with Gasteiger partial charge in [-0.3, -0.25) is 9.59 Å². The Bertz CT molecular complexity index is 790. The fourth-order valence-corrected chi connectivity index (χ4v) is 5.73. The van der Waals surface area contributed by atoms with E-state index in [1.54, 1.807) is 0 Å². The summed E-state index contributed by atoms with van der Waals surface area (Å²) >= 11 is 0. The fraction of sp³-hybridized carbons (Fsp3) is 0.778. The summed E-state index contributed by atoms with van der Waals surface area (Å²) in [5, 5.41) is 20.3. The average molecular weight is 465 g/mol. The summed E-state index contributed by atoms with van der Waals surface area (Å²) in [4.78, 5) is 25.0. The predicted molar refractivity (Wildman–Crippen MR) is 129 cm³/mol. The molecule has 6 heteroatoms. The quantitative estimate of drug-likeness (QED) is 0.355. The number of ether oxygens (including phenoxy) is 2. The van der Waals surface area contributed by atoms with Crippen LogP contribution in [0.1, 0.15) is 88.5 Å². The van der Waals surface area contributed by atoms with Crippen molar-refractivity contribution in [2.24, 2.45) is 32.5 Å². The molecule has 6 nitrogen and oxygen atoms in total. The first-order valence-electron chi connectivity index (χ1n) is 11.8. The molecule has 33 heavy (non-hydrogen) atoms. The molecule has 0 bridgehead atoms. The third kappa shape index (κ3) is 4.81. The molecular formula is C27H44O6. The maximum absolute atomic E-state index is 12.5. The second-order valence-corrected chi connectivity index (χ2v) is 13.0. The van der Waals surface area contributed by atoms with Crippen LogP contribution in [-0.2, 0) is 19.1 Å². The summed E-state index contributed by atoms with van der Waals surface area (Å²) < 4.78 is 11.2. The van der Waals surface area contributed by atoms with E-state index in [0.717, 1.165) is 0 Å². The molecule has 0 aromatic rings. The van der Waals surface area contributed by atoms with E-state index in [-0.39, 0.29) is 24.0 Å². The molecule has 0 heterocycles. The summed E-state index contributed by atoms with van der Waals surface area (Å²) in [6.45, 7) is 20.7. The van der Waals surface area contributed by atoms with Crippen LogP contribution in [0.15, 0.2) is 23.7 Å². The van der Waals surface area contributed by atoms with Crippen molar-refractivity contribution in [2.45, 2.75) is 88.5 Å². The number of rotatable bonds is 6. The molecule has 0 saturated heterocycles. The van der Waals surface area contributed by atoms with E-state index in [1.165, 1.54) is 0 Å². The third-order valence-electron chi connectivity index (χ3n) is 9.47. The van der Waals surface area contributed by atoms with E-state index in [1.807, 2.05) is 39.8 Å². The smallest absolute Gasteiger partial charge is 0.317 e. The standard InChI is InChI=1S/C27H44O6/c1-22(2)12-18(28)13-23(3,4)26(22,9)16-32-20(30)11-21(31)33-17-27(10)24(5,6)14-19(29)15-25(27,7)8/h12,14,28-29H,11,13,15-17H2,1-10H3. The van der Waals surface area contributed by atoms with Gasteiger partial charge < -0.3 is 19.7 Å². The van der Waals surface area contributed by atoms with Crippen LogP contribution in [0, 0.1) is 32.5 Å². The molecule has 2 N–H and O–H groups in total. The van der Waals surface area contributed by atoms with E-state index < -0.39 is 40.0 Å². The molecule has 2 atom stereocenters. The minimum absolute atomic E-state index is 0.144. The monoisotopic (exact) mass is 464 g/mol. The topological polar surface area (TPSA) is 93.1 Å². The van der Waals surface area contributed by atoms with Crippen molar-refractivity contribution in [3.63, 3.8) is 0 Å². The van der Waals surface area contributed by atoms with Gasteiger partial charge in [0, 0.05) is 23.7 Å². The van der Waals surface area contributed by atoms with Crippen molar-refractivity contribution in [3.05, 3.63) is 23.7 Å².